The van der Waals surface area contributed by atoms with Crippen LogP contribution in [0.3, 0.4) is 0 Å². The first-order chi connectivity index (χ1) is 17.2. The molecule has 0 saturated carbocycles. The van der Waals surface area contributed by atoms with Gasteiger partial charge in [-0.25, -0.2) is 0 Å². The van der Waals surface area contributed by atoms with Gasteiger partial charge in [-0.2, -0.15) is 0 Å². The second kappa shape index (κ2) is 31.5. The van der Waals surface area contributed by atoms with Gasteiger partial charge in [-0.15, -0.1) is 0 Å². The molecule has 0 aliphatic heterocycles. The van der Waals surface area contributed by atoms with Crippen LogP contribution in [0.25, 0.3) is 0 Å². The molecule has 0 N–H and O–H groups in total. The molecule has 0 fully saturated rings. The van der Waals surface area contributed by atoms with Crippen LogP contribution in [0.1, 0.15) is 194 Å². The average Bonchev–Trinajstić information content (AvgIpc) is 2.86. The highest BCUT2D eigenvalue weighted by molar-refractivity contribution is 4.52. The summed E-state index contributed by atoms with van der Waals surface area (Å²) < 4.78 is 1.36. The van der Waals surface area contributed by atoms with Gasteiger partial charge in [0, 0.05) is 0 Å². The second-order valence-corrected chi connectivity index (χ2v) is 12.3. The van der Waals surface area contributed by atoms with Gasteiger partial charge in [0.15, 0.2) is 0 Å². The first-order valence-corrected chi connectivity index (χ1v) is 17.0. The Balaban J connectivity index is 0. The molecule has 0 amide bonds. The van der Waals surface area contributed by atoms with Crippen LogP contribution in [-0.4, -0.2) is 31.2 Å². The zero-order valence-corrected chi connectivity index (χ0v) is 26.8. The third kappa shape index (κ3) is 28.8. The van der Waals surface area contributed by atoms with Crippen LogP contribution in [0.15, 0.2) is 0 Å². The van der Waals surface area contributed by atoms with E-state index in [1.807, 2.05) is 0 Å². The Morgan fingerprint density at radius 1 is 0.278 bits per heavy atom. The topological polar surface area (TPSA) is 0 Å². The summed E-state index contributed by atoms with van der Waals surface area (Å²) in [7, 11) is 2.60. The fraction of sp³-hybridized carbons (Fsp3) is 1.00. The second-order valence-electron chi connectivity index (χ2n) is 12.3. The van der Waals surface area contributed by atoms with Crippen molar-refractivity contribution in [3.8, 4) is 0 Å². The molecule has 0 aromatic rings. The molecule has 0 aromatic heterocycles. The number of rotatable bonds is 30. The number of nitrogens with zero attached hydrogens (tertiary/aromatic N) is 1. The molecule has 220 valence electrons. The Labute approximate surface area is 237 Å². The van der Waals surface area contributed by atoms with Gasteiger partial charge < -0.3 is 16.9 Å². The molecule has 0 radical (unpaired) electrons. The molecule has 0 bridgehead atoms. The van der Waals surface area contributed by atoms with Gasteiger partial charge >= 0.3 is 0 Å². The van der Waals surface area contributed by atoms with E-state index in [1.165, 1.54) is 197 Å². The lowest BCUT2D eigenvalue weighted by atomic mass is 10.0. The highest BCUT2D eigenvalue weighted by Crippen LogP contribution is 2.17. The molecule has 36 heavy (non-hydrogen) atoms. The lowest BCUT2D eigenvalue weighted by molar-refractivity contribution is -0.910. The largest absolute Gasteiger partial charge is 1.00 e. The van der Waals surface area contributed by atoms with Crippen molar-refractivity contribution in [1.29, 1.82) is 0 Å². The highest BCUT2D eigenvalue weighted by atomic mass is 35.5. The summed E-state index contributed by atoms with van der Waals surface area (Å²) >= 11 is 0. The highest BCUT2D eigenvalue weighted by Gasteiger charge is 2.20. The molecule has 0 heterocycles. The van der Waals surface area contributed by atoms with Crippen LogP contribution in [0.4, 0.5) is 0 Å². The van der Waals surface area contributed by atoms with Crippen molar-refractivity contribution in [3.63, 3.8) is 0 Å². The SMILES string of the molecule is CCCCCCCCCCC[N+](C)(CCCCCCCCCCC)CCCCCCCCCCC.[Cl-]. The van der Waals surface area contributed by atoms with Crippen LogP contribution < -0.4 is 12.4 Å². The van der Waals surface area contributed by atoms with Crippen LogP contribution in [-0.2, 0) is 0 Å². The summed E-state index contributed by atoms with van der Waals surface area (Å²) in [6.07, 6.45) is 39.3. The molecule has 0 atom stereocenters. The predicted octanol–water partition coefficient (Wildman–Crippen LogP) is 9.03. The molecular weight excluding hydrogens is 458 g/mol. The number of unbranched alkanes of at least 4 members (excludes halogenated alkanes) is 24. The van der Waals surface area contributed by atoms with Crippen molar-refractivity contribution in [2.45, 2.75) is 194 Å². The maximum absolute atomic E-state index is 2.60. The molecule has 0 rings (SSSR count). The Kier molecular flexibility index (Phi) is 33.6. The molecule has 1 nitrogen and oxygen atoms in total. The lowest BCUT2D eigenvalue weighted by Gasteiger charge is -2.35. The molecule has 0 saturated heterocycles. The molecule has 0 unspecified atom stereocenters. The van der Waals surface area contributed by atoms with E-state index in [0.29, 0.717) is 0 Å². The van der Waals surface area contributed by atoms with Crippen molar-refractivity contribution >= 4 is 0 Å². The standard InChI is InChI=1S/C34H72N.ClH/c1-5-8-11-14-17-20-23-26-29-32-35(4,33-30-27-24-21-18-15-12-9-6-2)34-31-28-25-22-19-16-13-10-7-3;/h5-34H2,1-4H3;1H/q+1;/p-1. The molecular formula is C34H72ClN. The molecule has 2 heteroatoms. The van der Waals surface area contributed by atoms with E-state index < -0.39 is 0 Å². The van der Waals surface area contributed by atoms with Gasteiger partial charge in [-0.1, -0.05) is 156 Å². The van der Waals surface area contributed by atoms with E-state index in [9.17, 15) is 0 Å². The summed E-state index contributed by atoms with van der Waals surface area (Å²) in [4.78, 5) is 0. The van der Waals surface area contributed by atoms with Crippen LogP contribution in [0.2, 0.25) is 0 Å². The summed E-state index contributed by atoms with van der Waals surface area (Å²) in [5.74, 6) is 0. The minimum absolute atomic E-state index is 0. The number of hydrogen-bond donors (Lipinski definition) is 0. The van der Waals surface area contributed by atoms with E-state index in [2.05, 4.69) is 27.8 Å². The third-order valence-corrected chi connectivity index (χ3v) is 8.40. The number of quaternary nitrogens is 1. The molecule has 0 aliphatic carbocycles. The lowest BCUT2D eigenvalue weighted by Crippen LogP contribution is -3.00. The molecule has 0 aromatic carbocycles. The van der Waals surface area contributed by atoms with Gasteiger partial charge in [0.05, 0.1) is 26.7 Å². The Hall–Kier alpha value is 0.250. The minimum atomic E-state index is 0. The van der Waals surface area contributed by atoms with Gasteiger partial charge in [0.1, 0.15) is 0 Å². The smallest absolute Gasteiger partial charge is 0.0784 e. The summed E-state index contributed by atoms with van der Waals surface area (Å²) in [5, 5.41) is 0. The van der Waals surface area contributed by atoms with Crippen LogP contribution in [0.5, 0.6) is 0 Å². The van der Waals surface area contributed by atoms with Crippen molar-refractivity contribution in [3.05, 3.63) is 0 Å². The van der Waals surface area contributed by atoms with Crippen molar-refractivity contribution < 1.29 is 16.9 Å². The fourth-order valence-corrected chi connectivity index (χ4v) is 5.75. The summed E-state index contributed by atoms with van der Waals surface area (Å²) in [6.45, 7) is 11.3. The zero-order valence-electron chi connectivity index (χ0n) is 26.0. The summed E-state index contributed by atoms with van der Waals surface area (Å²) in [5.41, 5.74) is 0. The van der Waals surface area contributed by atoms with E-state index in [1.54, 1.807) is 0 Å². The van der Waals surface area contributed by atoms with Crippen molar-refractivity contribution in [2.24, 2.45) is 0 Å². The molecule has 0 aliphatic rings. The van der Waals surface area contributed by atoms with Gasteiger partial charge in [0.2, 0.25) is 0 Å². The summed E-state index contributed by atoms with van der Waals surface area (Å²) in [6, 6.07) is 0. The van der Waals surface area contributed by atoms with Crippen molar-refractivity contribution in [1.82, 2.24) is 0 Å². The Morgan fingerprint density at radius 3 is 0.639 bits per heavy atom. The maximum Gasteiger partial charge on any atom is 0.0784 e. The van der Waals surface area contributed by atoms with Crippen molar-refractivity contribution in [2.75, 3.05) is 26.7 Å². The zero-order chi connectivity index (χ0) is 25.7. The van der Waals surface area contributed by atoms with Crippen LogP contribution in [0, 0.1) is 0 Å². The Bertz CT molecular complexity index is 328. The van der Waals surface area contributed by atoms with E-state index >= 15 is 0 Å². The maximum atomic E-state index is 2.60. The monoisotopic (exact) mass is 530 g/mol. The molecule has 0 spiro atoms. The minimum Gasteiger partial charge on any atom is -1.00 e. The quantitative estimate of drug-likeness (QED) is 0.0642. The van der Waals surface area contributed by atoms with E-state index in [4.69, 9.17) is 0 Å². The van der Waals surface area contributed by atoms with E-state index in [0.717, 1.165) is 0 Å². The fourth-order valence-electron chi connectivity index (χ4n) is 5.75. The van der Waals surface area contributed by atoms with Gasteiger partial charge in [0.25, 0.3) is 0 Å². The van der Waals surface area contributed by atoms with E-state index in [-0.39, 0.29) is 12.4 Å². The van der Waals surface area contributed by atoms with Gasteiger partial charge in [-0.05, 0) is 38.5 Å². The predicted molar refractivity (Wildman–Crippen MR) is 162 cm³/mol. The average molecular weight is 530 g/mol. The third-order valence-electron chi connectivity index (χ3n) is 8.40. The van der Waals surface area contributed by atoms with Crippen LogP contribution >= 0.6 is 0 Å². The Morgan fingerprint density at radius 2 is 0.444 bits per heavy atom. The number of hydrogen-bond acceptors (Lipinski definition) is 0. The normalized spacial score (nSPS) is 11.7. The van der Waals surface area contributed by atoms with Gasteiger partial charge in [-0.3, -0.25) is 0 Å². The number of halogens is 1. The first-order valence-electron chi connectivity index (χ1n) is 17.0. The first kappa shape index (κ1) is 38.4.